The molecule has 0 aliphatic carbocycles. The molecule has 0 radical (unpaired) electrons. The molecule has 0 aliphatic heterocycles. The van der Waals surface area contributed by atoms with E-state index in [1.807, 2.05) is 0 Å². The number of hydrogen-bond donors (Lipinski definition) is 2. The first kappa shape index (κ1) is 71.4. The Morgan fingerprint density at radius 2 is 0.733 bits per heavy atom. The van der Waals surface area contributed by atoms with Crippen molar-refractivity contribution in [1.82, 2.24) is 0 Å². The van der Waals surface area contributed by atoms with Gasteiger partial charge in [-0.05, 0) is 109 Å². The van der Waals surface area contributed by atoms with Crippen LogP contribution >= 0.6 is 7.82 Å². The molecule has 0 amide bonds. The van der Waals surface area contributed by atoms with Gasteiger partial charge in [-0.2, -0.15) is 0 Å². The maximum Gasteiger partial charge on any atom is 0.472 e. The van der Waals surface area contributed by atoms with Gasteiger partial charge in [-0.1, -0.05) is 245 Å². The molecule has 0 fully saturated rings. The summed E-state index contributed by atoms with van der Waals surface area (Å²) in [5, 5.41) is 0. The van der Waals surface area contributed by atoms with Gasteiger partial charge in [0.15, 0.2) is 6.10 Å². The molecule has 0 rings (SSSR count). The minimum Gasteiger partial charge on any atom is -0.462 e. The predicted octanol–water partition coefficient (Wildman–Crippen LogP) is 19.2. The summed E-state index contributed by atoms with van der Waals surface area (Å²) in [4.78, 5) is 35.2. The number of carbonyl (C=O) groups is 2. The average Bonchev–Trinajstić information content (AvgIpc) is 3.40. The van der Waals surface area contributed by atoms with E-state index in [4.69, 9.17) is 24.3 Å². The molecule has 0 aromatic carbocycles. The number of phosphoric acid groups is 1. The van der Waals surface area contributed by atoms with Crippen LogP contribution in [-0.4, -0.2) is 49.3 Å². The second-order valence-electron chi connectivity index (χ2n) is 19.5. The predicted molar refractivity (Wildman–Crippen MR) is 321 cm³/mol. The molecule has 2 unspecified atom stereocenters. The van der Waals surface area contributed by atoms with Crippen molar-refractivity contribution in [3.05, 3.63) is 122 Å². The molecule has 428 valence electrons. The third-order valence-corrected chi connectivity index (χ3v) is 13.3. The van der Waals surface area contributed by atoms with Crippen LogP contribution in [0.15, 0.2) is 122 Å². The number of hydrogen-bond acceptors (Lipinski definition) is 8. The van der Waals surface area contributed by atoms with Gasteiger partial charge in [-0.15, -0.1) is 0 Å². The molecule has 2 atom stereocenters. The van der Waals surface area contributed by atoms with E-state index in [1.165, 1.54) is 103 Å². The van der Waals surface area contributed by atoms with E-state index in [2.05, 4.69) is 135 Å². The van der Waals surface area contributed by atoms with Crippen molar-refractivity contribution in [3.63, 3.8) is 0 Å². The Hall–Kier alpha value is -3.59. The smallest absolute Gasteiger partial charge is 0.462 e. The molecule has 9 nitrogen and oxygen atoms in total. The van der Waals surface area contributed by atoms with Crippen molar-refractivity contribution in [2.24, 2.45) is 5.73 Å². The van der Waals surface area contributed by atoms with Crippen LogP contribution in [0.5, 0.6) is 0 Å². The molecular weight excluding hydrogens is 954 g/mol. The summed E-state index contributed by atoms with van der Waals surface area (Å²) in [6, 6.07) is 0. The first-order valence-corrected chi connectivity index (χ1v) is 31.5. The number of ether oxygens (including phenoxy) is 2. The highest BCUT2D eigenvalue weighted by Crippen LogP contribution is 2.43. The normalized spacial score (nSPS) is 13.9. The highest BCUT2D eigenvalue weighted by Gasteiger charge is 2.26. The van der Waals surface area contributed by atoms with Gasteiger partial charge < -0.3 is 20.1 Å². The van der Waals surface area contributed by atoms with Crippen LogP contribution in [0.1, 0.15) is 245 Å². The zero-order chi connectivity index (χ0) is 54.5. The minimum atomic E-state index is -4.40. The molecule has 0 saturated heterocycles. The highest BCUT2D eigenvalue weighted by molar-refractivity contribution is 7.47. The van der Waals surface area contributed by atoms with Gasteiger partial charge in [0, 0.05) is 19.4 Å². The first-order valence-electron chi connectivity index (χ1n) is 30.0. The Labute approximate surface area is 460 Å². The molecular formula is C65H110NO8P. The van der Waals surface area contributed by atoms with E-state index >= 15 is 0 Å². The molecule has 0 aliphatic rings. The van der Waals surface area contributed by atoms with Gasteiger partial charge in [0.25, 0.3) is 0 Å². The number of esters is 2. The van der Waals surface area contributed by atoms with Crippen molar-refractivity contribution in [2.45, 2.75) is 251 Å². The lowest BCUT2D eigenvalue weighted by molar-refractivity contribution is -0.161. The van der Waals surface area contributed by atoms with E-state index in [0.717, 1.165) is 109 Å². The lowest BCUT2D eigenvalue weighted by Gasteiger charge is -2.19. The van der Waals surface area contributed by atoms with Gasteiger partial charge in [0.2, 0.25) is 0 Å². The summed E-state index contributed by atoms with van der Waals surface area (Å²) in [6.07, 6.45) is 82.5. The van der Waals surface area contributed by atoms with Gasteiger partial charge >= 0.3 is 19.8 Å². The van der Waals surface area contributed by atoms with E-state index in [-0.39, 0.29) is 32.6 Å². The second kappa shape index (κ2) is 59.7. The molecule has 75 heavy (non-hydrogen) atoms. The lowest BCUT2D eigenvalue weighted by atomic mass is 10.0. The maximum atomic E-state index is 12.7. The van der Waals surface area contributed by atoms with Crippen molar-refractivity contribution in [2.75, 3.05) is 26.4 Å². The third kappa shape index (κ3) is 59.5. The van der Waals surface area contributed by atoms with Crippen LogP contribution in [-0.2, 0) is 32.7 Å². The summed E-state index contributed by atoms with van der Waals surface area (Å²) in [6.45, 7) is 3.59. The summed E-state index contributed by atoms with van der Waals surface area (Å²) in [7, 11) is -4.40. The third-order valence-electron chi connectivity index (χ3n) is 12.3. The van der Waals surface area contributed by atoms with E-state index in [0.29, 0.717) is 6.42 Å². The van der Waals surface area contributed by atoms with Crippen LogP contribution in [0.4, 0.5) is 0 Å². The Kier molecular flexibility index (Phi) is 56.8. The van der Waals surface area contributed by atoms with Crippen LogP contribution in [0, 0.1) is 0 Å². The van der Waals surface area contributed by atoms with Gasteiger partial charge in [0.05, 0.1) is 13.2 Å². The van der Waals surface area contributed by atoms with Gasteiger partial charge in [0.1, 0.15) is 6.61 Å². The lowest BCUT2D eigenvalue weighted by Crippen LogP contribution is -2.29. The van der Waals surface area contributed by atoms with Crippen LogP contribution < -0.4 is 5.73 Å². The molecule has 0 bridgehead atoms. The SMILES string of the molecule is CC/C=C\C/C=C\C/C=C\C/C=C\C/C=C\C/C=C\C/C=C\CCCCCCCC(=O)OC(COC(=O)CCCCCCCCCCCCCC/C=C\C/C=C\C/C=C\CCCCCCC)COP(=O)(O)OCCN. The number of nitrogens with two attached hydrogens (primary N) is 1. The Balaban J connectivity index is 4.05. The Bertz CT molecular complexity index is 1640. The summed E-state index contributed by atoms with van der Waals surface area (Å²) in [5.41, 5.74) is 5.38. The molecule has 0 aromatic rings. The van der Waals surface area contributed by atoms with Gasteiger partial charge in [-0.3, -0.25) is 18.6 Å². The van der Waals surface area contributed by atoms with E-state index in [1.54, 1.807) is 0 Å². The van der Waals surface area contributed by atoms with Crippen LogP contribution in [0.2, 0.25) is 0 Å². The first-order chi connectivity index (χ1) is 36.8. The van der Waals surface area contributed by atoms with E-state index < -0.39 is 32.5 Å². The molecule has 0 spiro atoms. The number of phosphoric ester groups is 1. The van der Waals surface area contributed by atoms with Crippen molar-refractivity contribution >= 4 is 19.8 Å². The minimum absolute atomic E-state index is 0.0432. The molecule has 0 saturated carbocycles. The van der Waals surface area contributed by atoms with Crippen molar-refractivity contribution in [3.8, 4) is 0 Å². The average molecular weight is 1060 g/mol. The largest absolute Gasteiger partial charge is 0.472 e. The van der Waals surface area contributed by atoms with Crippen LogP contribution in [0.25, 0.3) is 0 Å². The summed E-state index contributed by atoms with van der Waals surface area (Å²) < 4.78 is 33.0. The number of allylic oxidation sites excluding steroid dienone is 20. The molecule has 10 heteroatoms. The zero-order valence-corrected chi connectivity index (χ0v) is 48.6. The van der Waals surface area contributed by atoms with Crippen molar-refractivity contribution < 1.29 is 37.6 Å². The highest BCUT2D eigenvalue weighted by atomic mass is 31.2. The second-order valence-corrected chi connectivity index (χ2v) is 20.9. The quantitative estimate of drug-likeness (QED) is 0.0264. The monoisotopic (exact) mass is 1060 g/mol. The fourth-order valence-corrected chi connectivity index (χ4v) is 8.68. The van der Waals surface area contributed by atoms with Gasteiger partial charge in [-0.25, -0.2) is 4.57 Å². The Morgan fingerprint density at radius 3 is 1.09 bits per heavy atom. The fourth-order valence-electron chi connectivity index (χ4n) is 7.92. The number of unbranched alkanes of at least 4 members (excludes halogenated alkanes) is 22. The molecule has 3 N–H and O–H groups in total. The number of rotatable bonds is 55. The zero-order valence-electron chi connectivity index (χ0n) is 47.7. The van der Waals surface area contributed by atoms with E-state index in [9.17, 15) is 19.0 Å². The standard InChI is InChI=1S/C65H110NO8P/c1-3-5-7-9-11-13-15-17-19-21-23-25-27-29-31-33-35-37-39-41-43-45-47-49-51-53-55-57-64(67)71-61-63(62-73-75(69,70)72-60-59-66)74-65(68)58-56-54-52-50-48-46-44-42-40-38-36-34-32-30-28-26-24-22-20-18-16-14-12-10-8-6-4-2/h6,8,12,14-15,17-18,20-21,23-24,26-27,29-30,32,36,38,42,44,63H,3-5,7,9-11,13,16,19,22,25,28,31,33-35,37,39-41,43,45-62,66H2,1-2H3,(H,69,70)/b8-6-,14-12-,17-15-,20-18-,23-21-,26-24-,29-27-,32-30-,38-36-,44-42-. The topological polar surface area (TPSA) is 134 Å². The Morgan fingerprint density at radius 1 is 0.413 bits per heavy atom. The maximum absolute atomic E-state index is 12.7. The molecule has 0 heterocycles. The summed E-state index contributed by atoms with van der Waals surface area (Å²) in [5.74, 6) is -0.857. The fraction of sp³-hybridized carbons (Fsp3) is 0.662. The number of carbonyl (C=O) groups excluding carboxylic acids is 2. The summed E-state index contributed by atoms with van der Waals surface area (Å²) >= 11 is 0. The molecule has 0 aromatic heterocycles. The van der Waals surface area contributed by atoms with Crippen LogP contribution in [0.3, 0.4) is 0 Å². The van der Waals surface area contributed by atoms with Crippen molar-refractivity contribution in [1.29, 1.82) is 0 Å².